The third kappa shape index (κ3) is 2.46. The Morgan fingerprint density at radius 3 is 2.31 bits per heavy atom. The minimum atomic E-state index is 0.965. The lowest BCUT2D eigenvalue weighted by Crippen LogP contribution is -2.36. The van der Waals surface area contributed by atoms with Gasteiger partial charge in [0, 0.05) is 6.54 Å². The summed E-state index contributed by atoms with van der Waals surface area (Å²) in [6, 6.07) is 0. The number of hydrogen-bond acceptors (Lipinski definition) is 1. The first kappa shape index (κ1) is 9.51. The van der Waals surface area contributed by atoms with Gasteiger partial charge < -0.3 is 4.90 Å². The van der Waals surface area contributed by atoms with Gasteiger partial charge >= 0.3 is 0 Å². The van der Waals surface area contributed by atoms with Crippen molar-refractivity contribution in [3.8, 4) is 0 Å². The molecule has 1 heteroatoms. The average molecular weight is 181 g/mol. The summed E-state index contributed by atoms with van der Waals surface area (Å²) >= 11 is 0. The zero-order chi connectivity index (χ0) is 9.10. The molecule has 0 radical (unpaired) electrons. The zero-order valence-electron chi connectivity index (χ0n) is 8.97. The van der Waals surface area contributed by atoms with Gasteiger partial charge in [-0.05, 0) is 37.8 Å². The van der Waals surface area contributed by atoms with E-state index in [1.165, 1.54) is 58.2 Å². The van der Waals surface area contributed by atoms with Gasteiger partial charge in [0.1, 0.15) is 0 Å². The summed E-state index contributed by atoms with van der Waals surface area (Å²) in [5, 5.41) is 0. The van der Waals surface area contributed by atoms with E-state index in [0.29, 0.717) is 0 Å². The molecular weight excluding hydrogens is 158 g/mol. The summed E-state index contributed by atoms with van der Waals surface area (Å²) in [6.07, 6.45) is 8.86. The first-order valence-electron chi connectivity index (χ1n) is 6.08. The van der Waals surface area contributed by atoms with E-state index < -0.39 is 0 Å². The molecule has 2 aliphatic rings. The fourth-order valence-corrected chi connectivity index (χ4v) is 2.71. The maximum absolute atomic E-state index is 2.69. The topological polar surface area (TPSA) is 3.24 Å². The van der Waals surface area contributed by atoms with E-state index in [1.807, 2.05) is 0 Å². The van der Waals surface area contributed by atoms with Crippen molar-refractivity contribution in [1.29, 1.82) is 0 Å². The van der Waals surface area contributed by atoms with Crippen molar-refractivity contribution in [3.05, 3.63) is 0 Å². The third-order valence-corrected chi connectivity index (χ3v) is 3.95. The van der Waals surface area contributed by atoms with Crippen LogP contribution in [0, 0.1) is 11.8 Å². The molecule has 0 aromatic carbocycles. The summed E-state index contributed by atoms with van der Waals surface area (Å²) < 4.78 is 0. The van der Waals surface area contributed by atoms with Crippen molar-refractivity contribution in [3.63, 3.8) is 0 Å². The molecule has 76 valence electrons. The molecule has 0 spiro atoms. The number of hydrogen-bond donors (Lipinski definition) is 0. The number of nitrogens with zero attached hydrogens (tertiary/aromatic N) is 1. The fraction of sp³-hybridized carbons (Fsp3) is 1.00. The molecule has 0 aromatic rings. The van der Waals surface area contributed by atoms with Crippen LogP contribution in [0.3, 0.4) is 0 Å². The highest BCUT2D eigenvalue weighted by molar-refractivity contribution is 4.78. The second kappa shape index (κ2) is 4.45. The van der Waals surface area contributed by atoms with Crippen LogP contribution in [0.15, 0.2) is 0 Å². The van der Waals surface area contributed by atoms with Crippen LogP contribution in [0.2, 0.25) is 0 Å². The Morgan fingerprint density at radius 1 is 1.08 bits per heavy atom. The summed E-state index contributed by atoms with van der Waals surface area (Å²) in [7, 11) is 0. The smallest absolute Gasteiger partial charge is 0.000966 e. The SMILES string of the molecule is CC(CN1CCCCC1)C1CCC1. The van der Waals surface area contributed by atoms with E-state index >= 15 is 0 Å². The molecule has 1 saturated carbocycles. The summed E-state index contributed by atoms with van der Waals surface area (Å²) in [5.74, 6) is 2.04. The van der Waals surface area contributed by atoms with Crippen LogP contribution < -0.4 is 0 Å². The lowest BCUT2D eigenvalue weighted by molar-refractivity contribution is 0.136. The van der Waals surface area contributed by atoms with Gasteiger partial charge in [-0.2, -0.15) is 0 Å². The molecule has 1 saturated heterocycles. The highest BCUT2D eigenvalue weighted by atomic mass is 15.1. The average Bonchev–Trinajstić information content (AvgIpc) is 2.02. The molecule has 1 unspecified atom stereocenters. The monoisotopic (exact) mass is 181 g/mol. The molecular formula is C12H23N. The fourth-order valence-electron chi connectivity index (χ4n) is 2.71. The van der Waals surface area contributed by atoms with Crippen molar-refractivity contribution in [2.45, 2.75) is 45.4 Å². The molecule has 0 amide bonds. The van der Waals surface area contributed by atoms with Crippen molar-refractivity contribution in [1.82, 2.24) is 4.90 Å². The molecule has 2 fully saturated rings. The van der Waals surface area contributed by atoms with Crippen LogP contribution in [0.25, 0.3) is 0 Å². The maximum Gasteiger partial charge on any atom is 0.000966 e. The Hall–Kier alpha value is -0.0400. The molecule has 0 aromatic heterocycles. The largest absolute Gasteiger partial charge is 0.303 e. The van der Waals surface area contributed by atoms with E-state index in [-0.39, 0.29) is 0 Å². The Morgan fingerprint density at radius 2 is 1.77 bits per heavy atom. The van der Waals surface area contributed by atoms with Gasteiger partial charge in [0.2, 0.25) is 0 Å². The molecule has 0 bridgehead atoms. The summed E-state index contributed by atoms with van der Waals surface area (Å²) in [6.45, 7) is 6.58. The Kier molecular flexibility index (Phi) is 3.26. The standard InChI is InChI=1S/C12H23N/c1-11(12-6-5-7-12)10-13-8-3-2-4-9-13/h11-12H,2-10H2,1H3. The highest BCUT2D eigenvalue weighted by Gasteiger charge is 2.25. The van der Waals surface area contributed by atoms with Gasteiger partial charge in [-0.25, -0.2) is 0 Å². The van der Waals surface area contributed by atoms with E-state index in [4.69, 9.17) is 0 Å². The molecule has 13 heavy (non-hydrogen) atoms. The van der Waals surface area contributed by atoms with E-state index in [1.54, 1.807) is 0 Å². The number of piperidine rings is 1. The first-order valence-corrected chi connectivity index (χ1v) is 6.08. The molecule has 1 atom stereocenters. The van der Waals surface area contributed by atoms with Crippen LogP contribution in [-0.2, 0) is 0 Å². The van der Waals surface area contributed by atoms with E-state index in [0.717, 1.165) is 11.8 Å². The molecule has 0 N–H and O–H groups in total. The van der Waals surface area contributed by atoms with Crippen molar-refractivity contribution in [2.75, 3.05) is 19.6 Å². The Bertz CT molecular complexity index is 145. The van der Waals surface area contributed by atoms with Crippen LogP contribution in [0.1, 0.15) is 45.4 Å². The van der Waals surface area contributed by atoms with Crippen molar-refractivity contribution >= 4 is 0 Å². The van der Waals surface area contributed by atoms with E-state index in [9.17, 15) is 0 Å². The first-order chi connectivity index (χ1) is 6.36. The Labute approximate surface area is 82.5 Å². The molecule has 1 aliphatic carbocycles. The predicted octanol–water partition coefficient (Wildman–Crippen LogP) is 2.91. The quantitative estimate of drug-likeness (QED) is 0.647. The second-order valence-electron chi connectivity index (χ2n) is 5.03. The Balaban J connectivity index is 1.69. The highest BCUT2D eigenvalue weighted by Crippen LogP contribution is 2.33. The normalized spacial score (nSPS) is 28.4. The van der Waals surface area contributed by atoms with Crippen LogP contribution >= 0.6 is 0 Å². The molecule has 2 rings (SSSR count). The maximum atomic E-state index is 2.69. The summed E-state index contributed by atoms with van der Waals surface area (Å²) in [5.41, 5.74) is 0. The van der Waals surface area contributed by atoms with Gasteiger partial charge in [-0.1, -0.05) is 32.6 Å². The molecule has 1 heterocycles. The minimum Gasteiger partial charge on any atom is -0.303 e. The number of rotatable bonds is 3. The lowest BCUT2D eigenvalue weighted by Gasteiger charge is -2.36. The predicted molar refractivity (Wildman–Crippen MR) is 56.8 cm³/mol. The van der Waals surface area contributed by atoms with Crippen LogP contribution in [-0.4, -0.2) is 24.5 Å². The van der Waals surface area contributed by atoms with Gasteiger partial charge in [0.05, 0.1) is 0 Å². The van der Waals surface area contributed by atoms with E-state index in [2.05, 4.69) is 11.8 Å². The minimum absolute atomic E-state index is 0.965. The summed E-state index contributed by atoms with van der Waals surface area (Å²) in [4.78, 5) is 2.69. The third-order valence-electron chi connectivity index (χ3n) is 3.95. The lowest BCUT2D eigenvalue weighted by atomic mass is 9.76. The van der Waals surface area contributed by atoms with Gasteiger partial charge in [-0.3, -0.25) is 0 Å². The van der Waals surface area contributed by atoms with Gasteiger partial charge in [0.25, 0.3) is 0 Å². The van der Waals surface area contributed by atoms with Gasteiger partial charge in [0.15, 0.2) is 0 Å². The number of likely N-dealkylation sites (tertiary alicyclic amines) is 1. The van der Waals surface area contributed by atoms with Crippen LogP contribution in [0.4, 0.5) is 0 Å². The van der Waals surface area contributed by atoms with Gasteiger partial charge in [-0.15, -0.1) is 0 Å². The second-order valence-corrected chi connectivity index (χ2v) is 5.03. The molecule has 1 aliphatic heterocycles. The molecule has 1 nitrogen and oxygen atoms in total. The van der Waals surface area contributed by atoms with Crippen molar-refractivity contribution in [2.24, 2.45) is 11.8 Å². The van der Waals surface area contributed by atoms with Crippen LogP contribution in [0.5, 0.6) is 0 Å². The van der Waals surface area contributed by atoms with Crippen molar-refractivity contribution < 1.29 is 0 Å². The zero-order valence-corrected chi connectivity index (χ0v) is 8.97.